The number of para-hydroxylation sites is 2. The molecule has 160 valence electrons. The van der Waals surface area contributed by atoms with Crippen molar-refractivity contribution in [1.82, 2.24) is 9.55 Å². The highest BCUT2D eigenvalue weighted by atomic mass is 16.2. The Hall–Kier alpha value is -3.93. The number of nitrogens with one attached hydrogen (secondary N) is 1. The number of fused-ring (bicyclic) bond motifs is 3. The van der Waals surface area contributed by atoms with Gasteiger partial charge in [-0.3, -0.25) is 19.1 Å². The topological polar surface area (TPSA) is 67.2 Å². The van der Waals surface area contributed by atoms with Crippen LogP contribution in [0.3, 0.4) is 0 Å². The molecule has 0 radical (unpaired) electrons. The number of anilines is 2. The quantitative estimate of drug-likeness (QED) is 0.495. The van der Waals surface area contributed by atoms with Crippen molar-refractivity contribution >= 4 is 34.5 Å². The van der Waals surface area contributed by atoms with Crippen LogP contribution in [0.4, 0.5) is 11.6 Å². The minimum atomic E-state index is -0.613. The average molecular weight is 425 g/mol. The Labute approximate surface area is 186 Å². The molecule has 1 aliphatic heterocycles. The second-order valence-electron chi connectivity index (χ2n) is 8.13. The lowest BCUT2D eigenvalue weighted by atomic mass is 10.1. The molecule has 1 aliphatic rings. The lowest BCUT2D eigenvalue weighted by molar-refractivity contribution is -0.124. The van der Waals surface area contributed by atoms with E-state index in [4.69, 9.17) is 4.98 Å². The zero-order chi connectivity index (χ0) is 22.1. The summed E-state index contributed by atoms with van der Waals surface area (Å²) in [6.07, 6.45) is 0.778. The van der Waals surface area contributed by atoms with Crippen molar-refractivity contribution in [2.75, 3.05) is 16.8 Å². The summed E-state index contributed by atoms with van der Waals surface area (Å²) in [5, 5.41) is 2.93. The van der Waals surface area contributed by atoms with Crippen molar-refractivity contribution in [2.45, 2.75) is 25.8 Å². The van der Waals surface area contributed by atoms with Gasteiger partial charge in [-0.2, -0.15) is 0 Å². The fourth-order valence-electron chi connectivity index (χ4n) is 4.30. The lowest BCUT2D eigenvalue weighted by Crippen LogP contribution is -2.33. The molecule has 2 heterocycles. The summed E-state index contributed by atoms with van der Waals surface area (Å²) in [7, 11) is 0. The summed E-state index contributed by atoms with van der Waals surface area (Å²) >= 11 is 0. The number of imidazole rings is 1. The Morgan fingerprint density at radius 1 is 1.00 bits per heavy atom. The summed E-state index contributed by atoms with van der Waals surface area (Å²) in [5.74, 6) is 0.330. The van der Waals surface area contributed by atoms with Crippen molar-refractivity contribution in [3.05, 3.63) is 90.0 Å². The fourth-order valence-corrected chi connectivity index (χ4v) is 4.30. The number of hydrogen-bond acceptors (Lipinski definition) is 3. The Kier molecular flexibility index (Phi) is 5.19. The molecular weight excluding hydrogens is 400 g/mol. The highest BCUT2D eigenvalue weighted by Gasteiger charge is 2.40. The number of nitrogens with zero attached hydrogens (tertiary/aromatic N) is 3. The third kappa shape index (κ3) is 3.75. The zero-order valence-electron chi connectivity index (χ0n) is 17.9. The molecule has 1 N–H and O–H groups in total. The van der Waals surface area contributed by atoms with E-state index >= 15 is 0 Å². The molecule has 32 heavy (non-hydrogen) atoms. The number of aromatic nitrogens is 2. The van der Waals surface area contributed by atoms with E-state index in [2.05, 4.69) is 17.4 Å². The first-order valence-corrected chi connectivity index (χ1v) is 10.8. The van der Waals surface area contributed by atoms with E-state index in [1.165, 1.54) is 0 Å². The Morgan fingerprint density at radius 2 is 1.78 bits per heavy atom. The minimum Gasteiger partial charge on any atom is -0.326 e. The number of carbonyl (C=O) groups excluding carboxylic acids is 2. The largest absolute Gasteiger partial charge is 0.326 e. The van der Waals surface area contributed by atoms with Crippen molar-refractivity contribution in [3.8, 4) is 0 Å². The van der Waals surface area contributed by atoms with Crippen molar-refractivity contribution in [2.24, 2.45) is 0 Å². The van der Waals surface area contributed by atoms with Gasteiger partial charge in [0.1, 0.15) is 6.04 Å². The Balaban J connectivity index is 1.42. The van der Waals surface area contributed by atoms with Crippen LogP contribution >= 0.6 is 0 Å². The molecule has 2 amide bonds. The number of benzene rings is 3. The van der Waals surface area contributed by atoms with Crippen LogP contribution in [-0.4, -0.2) is 27.9 Å². The van der Waals surface area contributed by atoms with E-state index in [-0.39, 0.29) is 18.2 Å². The fraction of sp³-hybridized carbons (Fsp3) is 0.192. The van der Waals surface area contributed by atoms with Crippen molar-refractivity contribution in [3.63, 3.8) is 0 Å². The van der Waals surface area contributed by atoms with Crippen molar-refractivity contribution < 1.29 is 9.59 Å². The van der Waals surface area contributed by atoms with Crippen LogP contribution in [0.1, 0.15) is 23.6 Å². The monoisotopic (exact) mass is 424 g/mol. The third-order valence-electron chi connectivity index (χ3n) is 5.83. The van der Waals surface area contributed by atoms with Gasteiger partial charge in [-0.1, -0.05) is 54.6 Å². The summed E-state index contributed by atoms with van der Waals surface area (Å²) < 4.78 is 1.92. The van der Waals surface area contributed by atoms with Gasteiger partial charge in [0.15, 0.2) is 0 Å². The summed E-state index contributed by atoms with van der Waals surface area (Å²) in [6.45, 7) is 2.49. The normalized spacial score (nSPS) is 15.2. The molecule has 0 saturated heterocycles. The van der Waals surface area contributed by atoms with Gasteiger partial charge in [-0.15, -0.1) is 0 Å². The van der Waals surface area contributed by atoms with Gasteiger partial charge >= 0.3 is 0 Å². The standard InChI is InChI=1S/C26H24N4O2/c1-18-8-7-11-20(16-18)27-24(31)17-23-25(32)29(15-14-19-9-3-2-4-10-19)26-28-21-12-5-6-13-22(21)30(23)26/h2-13,16,23H,14-15,17H2,1H3,(H,27,31)/t23-/m0/s1. The summed E-state index contributed by atoms with van der Waals surface area (Å²) in [6, 6.07) is 24.9. The van der Waals surface area contributed by atoms with Gasteiger partial charge in [0.25, 0.3) is 5.91 Å². The predicted octanol–water partition coefficient (Wildman–Crippen LogP) is 4.50. The molecule has 0 bridgehead atoms. The van der Waals surface area contributed by atoms with Crippen LogP contribution in [-0.2, 0) is 16.0 Å². The average Bonchev–Trinajstić information content (AvgIpc) is 3.28. The molecule has 6 nitrogen and oxygen atoms in total. The van der Waals surface area contributed by atoms with Gasteiger partial charge in [-0.05, 0) is 48.7 Å². The summed E-state index contributed by atoms with van der Waals surface area (Å²) in [4.78, 5) is 32.7. The van der Waals surface area contributed by atoms with Crippen LogP contribution in [0.5, 0.6) is 0 Å². The molecule has 0 unspecified atom stereocenters. The molecule has 4 aromatic rings. The van der Waals surface area contributed by atoms with Crippen LogP contribution in [0.15, 0.2) is 78.9 Å². The Bertz CT molecular complexity index is 1300. The number of carbonyl (C=O) groups is 2. The first-order chi connectivity index (χ1) is 15.6. The number of hydrogen-bond donors (Lipinski definition) is 1. The van der Waals surface area contributed by atoms with Gasteiger partial charge in [-0.25, -0.2) is 4.98 Å². The molecule has 3 aromatic carbocycles. The van der Waals surface area contributed by atoms with Crippen LogP contribution in [0.2, 0.25) is 0 Å². The van der Waals surface area contributed by atoms with E-state index in [1.807, 2.05) is 78.2 Å². The van der Waals surface area contributed by atoms with E-state index in [0.717, 1.165) is 34.3 Å². The second kappa shape index (κ2) is 8.30. The number of rotatable bonds is 6. The maximum atomic E-state index is 13.4. The molecule has 0 aliphatic carbocycles. The zero-order valence-corrected chi connectivity index (χ0v) is 17.9. The molecule has 0 spiro atoms. The van der Waals surface area contributed by atoms with Crippen LogP contribution in [0, 0.1) is 6.92 Å². The van der Waals surface area contributed by atoms with E-state index in [0.29, 0.717) is 12.5 Å². The second-order valence-corrected chi connectivity index (χ2v) is 8.13. The molecule has 1 atom stereocenters. The third-order valence-corrected chi connectivity index (χ3v) is 5.83. The smallest absolute Gasteiger partial charge is 0.253 e. The lowest BCUT2D eigenvalue weighted by Gasteiger charge is -2.16. The molecule has 5 rings (SSSR count). The molecule has 0 saturated carbocycles. The maximum absolute atomic E-state index is 13.4. The predicted molar refractivity (Wildman–Crippen MR) is 126 cm³/mol. The molecular formula is C26H24N4O2. The number of aryl methyl sites for hydroxylation is 1. The highest BCUT2D eigenvalue weighted by molar-refractivity contribution is 6.05. The molecule has 6 heteroatoms. The summed E-state index contributed by atoms with van der Waals surface area (Å²) in [5.41, 5.74) is 4.64. The van der Waals surface area contributed by atoms with Gasteiger partial charge in [0.2, 0.25) is 11.9 Å². The molecule has 1 aromatic heterocycles. The SMILES string of the molecule is Cc1cccc(NC(=O)C[C@H]2C(=O)N(CCc3ccccc3)c3nc4ccccc4n32)c1. The van der Waals surface area contributed by atoms with E-state index < -0.39 is 6.04 Å². The van der Waals surface area contributed by atoms with Crippen LogP contribution < -0.4 is 10.2 Å². The molecule has 0 fully saturated rings. The highest BCUT2D eigenvalue weighted by Crippen LogP contribution is 2.36. The van der Waals surface area contributed by atoms with Gasteiger partial charge < -0.3 is 5.32 Å². The van der Waals surface area contributed by atoms with Gasteiger partial charge in [0, 0.05) is 12.2 Å². The van der Waals surface area contributed by atoms with Crippen molar-refractivity contribution in [1.29, 1.82) is 0 Å². The van der Waals surface area contributed by atoms with E-state index in [9.17, 15) is 9.59 Å². The maximum Gasteiger partial charge on any atom is 0.253 e. The van der Waals surface area contributed by atoms with Crippen LogP contribution in [0.25, 0.3) is 11.0 Å². The minimum absolute atomic E-state index is 0.0575. The number of amides is 2. The first kappa shape index (κ1) is 20.0. The van der Waals surface area contributed by atoms with E-state index in [1.54, 1.807) is 4.90 Å². The van der Waals surface area contributed by atoms with Gasteiger partial charge in [0.05, 0.1) is 17.5 Å². The first-order valence-electron chi connectivity index (χ1n) is 10.8. The Morgan fingerprint density at radius 3 is 2.59 bits per heavy atom.